The summed E-state index contributed by atoms with van der Waals surface area (Å²) in [6.45, 7) is 5.57. The zero-order valence-electron chi connectivity index (χ0n) is 18.4. The van der Waals surface area contributed by atoms with Crippen molar-refractivity contribution < 1.29 is 9.53 Å². The first-order chi connectivity index (χ1) is 15.4. The summed E-state index contributed by atoms with van der Waals surface area (Å²) in [6.07, 6.45) is 0.688. The third-order valence-corrected chi connectivity index (χ3v) is 6.12. The predicted molar refractivity (Wildman–Crippen MR) is 129 cm³/mol. The van der Waals surface area contributed by atoms with Crippen molar-refractivity contribution in [3.8, 4) is 0 Å². The van der Waals surface area contributed by atoms with Crippen molar-refractivity contribution in [3.63, 3.8) is 0 Å². The van der Waals surface area contributed by atoms with Crippen molar-refractivity contribution in [2.24, 2.45) is 0 Å². The highest BCUT2D eigenvalue weighted by atomic mass is 32.1. The number of amides is 1. The largest absolute Gasteiger partial charge is 0.385 e. The number of nitrogens with one attached hydrogen (secondary N) is 3. The molecule has 0 bridgehead atoms. The van der Waals surface area contributed by atoms with E-state index >= 15 is 0 Å². The van der Waals surface area contributed by atoms with Crippen molar-refractivity contribution >= 4 is 39.9 Å². The highest BCUT2D eigenvalue weighted by Crippen LogP contribution is 2.22. The second kappa shape index (κ2) is 9.10. The maximum atomic E-state index is 12.8. The van der Waals surface area contributed by atoms with Crippen LogP contribution < -0.4 is 10.9 Å². The Labute approximate surface area is 190 Å². The fourth-order valence-electron chi connectivity index (χ4n) is 3.87. The number of benzene rings is 2. The molecule has 1 amide bonds. The molecule has 7 nitrogen and oxygen atoms in total. The van der Waals surface area contributed by atoms with Gasteiger partial charge in [-0.2, -0.15) is 0 Å². The van der Waals surface area contributed by atoms with Gasteiger partial charge in [-0.05, 0) is 73.9 Å². The molecule has 0 aliphatic rings. The van der Waals surface area contributed by atoms with Crippen LogP contribution in [0.3, 0.4) is 0 Å². The average molecular weight is 451 g/mol. The van der Waals surface area contributed by atoms with Crippen LogP contribution in [0, 0.1) is 18.6 Å². The number of ether oxygens (including phenoxy) is 1. The van der Waals surface area contributed by atoms with Crippen LogP contribution in [0.4, 0.5) is 0 Å². The molecule has 0 atom stereocenters. The van der Waals surface area contributed by atoms with Gasteiger partial charge in [-0.3, -0.25) is 14.2 Å². The van der Waals surface area contributed by atoms with Crippen LogP contribution in [0.2, 0.25) is 0 Å². The predicted octanol–water partition coefficient (Wildman–Crippen LogP) is 4.12. The third-order valence-electron chi connectivity index (χ3n) is 5.80. The van der Waals surface area contributed by atoms with Crippen molar-refractivity contribution in [2.45, 2.75) is 33.4 Å². The zero-order chi connectivity index (χ0) is 22.8. The second-order valence-corrected chi connectivity index (χ2v) is 8.32. The lowest BCUT2D eigenvalue weighted by atomic mass is 10.1. The van der Waals surface area contributed by atoms with Gasteiger partial charge in [0, 0.05) is 49.0 Å². The van der Waals surface area contributed by atoms with E-state index < -0.39 is 0 Å². The normalized spacial score (nSPS) is 11.3. The molecule has 3 N–H and O–H groups in total. The summed E-state index contributed by atoms with van der Waals surface area (Å²) in [5.41, 5.74) is 5.32. The number of methoxy groups -OCH3 is 1. The standard InChI is InChI=1S/C24H26N4O3S/c1-14-15(2)26-20-8-5-16(11-19(14)20)13-25-22(29)17-6-7-18-21(12-17)27-24(32)28(23(18)30)9-4-10-31-3/h5-8,11-12,26H,4,9-10,13H2,1-3H3,(H,25,29)(H,27,32). The van der Waals surface area contributed by atoms with Gasteiger partial charge in [0.1, 0.15) is 0 Å². The molecule has 4 aromatic rings. The molecule has 0 fully saturated rings. The second-order valence-electron chi connectivity index (χ2n) is 7.93. The summed E-state index contributed by atoms with van der Waals surface area (Å²) in [6, 6.07) is 11.1. The van der Waals surface area contributed by atoms with E-state index in [1.807, 2.05) is 12.1 Å². The topological polar surface area (TPSA) is 91.9 Å². The van der Waals surface area contributed by atoms with E-state index in [0.29, 0.717) is 47.4 Å². The van der Waals surface area contributed by atoms with Gasteiger partial charge >= 0.3 is 0 Å². The lowest BCUT2D eigenvalue weighted by Gasteiger charge is -2.10. The summed E-state index contributed by atoms with van der Waals surface area (Å²) in [5.74, 6) is -0.211. The first kappa shape index (κ1) is 22.0. The fraction of sp³-hybridized carbons (Fsp3) is 0.292. The van der Waals surface area contributed by atoms with Crippen molar-refractivity contribution in [2.75, 3.05) is 13.7 Å². The van der Waals surface area contributed by atoms with Gasteiger partial charge in [0.2, 0.25) is 0 Å². The van der Waals surface area contributed by atoms with E-state index in [-0.39, 0.29) is 11.5 Å². The van der Waals surface area contributed by atoms with E-state index in [9.17, 15) is 9.59 Å². The molecular weight excluding hydrogens is 424 g/mol. The molecule has 0 aliphatic carbocycles. The van der Waals surface area contributed by atoms with Crippen LogP contribution >= 0.6 is 12.2 Å². The fourth-order valence-corrected chi connectivity index (χ4v) is 4.15. The van der Waals surface area contributed by atoms with Gasteiger partial charge in [-0.15, -0.1) is 0 Å². The Kier molecular flexibility index (Phi) is 6.25. The molecule has 8 heteroatoms. The lowest BCUT2D eigenvalue weighted by Crippen LogP contribution is -2.24. The zero-order valence-corrected chi connectivity index (χ0v) is 19.2. The van der Waals surface area contributed by atoms with Crippen molar-refractivity contribution in [1.82, 2.24) is 19.9 Å². The smallest absolute Gasteiger partial charge is 0.262 e. The molecule has 2 aromatic carbocycles. The van der Waals surface area contributed by atoms with Crippen LogP contribution in [0.25, 0.3) is 21.8 Å². The Hall–Kier alpha value is -3.23. The number of carbonyl (C=O) groups is 1. The maximum absolute atomic E-state index is 12.8. The average Bonchev–Trinajstić information content (AvgIpc) is 3.07. The number of carbonyl (C=O) groups excluding carboxylic acids is 1. The van der Waals surface area contributed by atoms with Gasteiger partial charge in [0.25, 0.3) is 11.5 Å². The lowest BCUT2D eigenvalue weighted by molar-refractivity contribution is 0.0951. The van der Waals surface area contributed by atoms with Crippen LogP contribution in [-0.4, -0.2) is 34.2 Å². The molecule has 2 heterocycles. The Morgan fingerprint density at radius 2 is 1.91 bits per heavy atom. The van der Waals surface area contributed by atoms with Crippen LogP contribution in [0.1, 0.15) is 33.6 Å². The van der Waals surface area contributed by atoms with Gasteiger partial charge in [0.15, 0.2) is 4.77 Å². The number of hydrogen-bond donors (Lipinski definition) is 3. The van der Waals surface area contributed by atoms with Gasteiger partial charge in [-0.1, -0.05) is 6.07 Å². The number of aryl methyl sites for hydroxylation is 2. The number of H-pyrrole nitrogens is 2. The SMILES string of the molecule is COCCCn1c(=S)[nH]c2cc(C(=O)NCc3ccc4[nH]c(C)c(C)c4c3)ccc2c1=O. The van der Waals surface area contributed by atoms with Crippen LogP contribution in [-0.2, 0) is 17.8 Å². The Balaban J connectivity index is 1.53. The Morgan fingerprint density at radius 3 is 2.69 bits per heavy atom. The highest BCUT2D eigenvalue weighted by molar-refractivity contribution is 7.71. The molecule has 0 saturated carbocycles. The summed E-state index contributed by atoms with van der Waals surface area (Å²) in [7, 11) is 1.62. The molecule has 0 aliphatic heterocycles. The molecule has 2 aromatic heterocycles. The molecule has 166 valence electrons. The van der Waals surface area contributed by atoms with E-state index in [0.717, 1.165) is 22.2 Å². The molecule has 0 unspecified atom stereocenters. The van der Waals surface area contributed by atoms with Gasteiger partial charge < -0.3 is 20.0 Å². The number of aromatic nitrogens is 3. The number of nitrogens with zero attached hydrogens (tertiary/aromatic N) is 1. The van der Waals surface area contributed by atoms with E-state index in [4.69, 9.17) is 17.0 Å². The summed E-state index contributed by atoms with van der Waals surface area (Å²) in [5, 5.41) is 4.62. The molecule has 0 spiro atoms. The first-order valence-corrected chi connectivity index (χ1v) is 10.9. The van der Waals surface area contributed by atoms with Gasteiger partial charge in [0.05, 0.1) is 10.9 Å². The molecule has 4 rings (SSSR count). The minimum atomic E-state index is -0.211. The Morgan fingerprint density at radius 1 is 1.09 bits per heavy atom. The molecule has 0 saturated heterocycles. The first-order valence-electron chi connectivity index (χ1n) is 10.5. The monoisotopic (exact) mass is 450 g/mol. The van der Waals surface area contributed by atoms with Gasteiger partial charge in [-0.25, -0.2) is 0 Å². The minimum Gasteiger partial charge on any atom is -0.385 e. The van der Waals surface area contributed by atoms with E-state index in [1.165, 1.54) is 10.1 Å². The third kappa shape index (κ3) is 4.24. The summed E-state index contributed by atoms with van der Waals surface area (Å²) in [4.78, 5) is 32.0. The van der Waals surface area contributed by atoms with Crippen molar-refractivity contribution in [1.29, 1.82) is 0 Å². The number of aromatic amines is 2. The van der Waals surface area contributed by atoms with Crippen LogP contribution in [0.15, 0.2) is 41.2 Å². The molecule has 32 heavy (non-hydrogen) atoms. The van der Waals surface area contributed by atoms with E-state index in [1.54, 1.807) is 25.3 Å². The quantitative estimate of drug-likeness (QED) is 0.292. The highest BCUT2D eigenvalue weighted by Gasteiger charge is 2.11. The van der Waals surface area contributed by atoms with E-state index in [2.05, 4.69) is 35.2 Å². The summed E-state index contributed by atoms with van der Waals surface area (Å²) < 4.78 is 6.91. The molecular formula is C24H26N4O3S. The van der Waals surface area contributed by atoms with Crippen LogP contribution in [0.5, 0.6) is 0 Å². The number of hydrogen-bond acceptors (Lipinski definition) is 4. The minimum absolute atomic E-state index is 0.169. The molecule has 0 radical (unpaired) electrons. The van der Waals surface area contributed by atoms with Crippen molar-refractivity contribution in [3.05, 3.63) is 73.9 Å². The summed E-state index contributed by atoms with van der Waals surface area (Å²) >= 11 is 5.35. The Bertz CT molecular complexity index is 1430. The maximum Gasteiger partial charge on any atom is 0.262 e. The number of rotatable bonds is 7. The number of fused-ring (bicyclic) bond motifs is 2.